The van der Waals surface area contributed by atoms with Crippen molar-refractivity contribution in [3.63, 3.8) is 0 Å². The van der Waals surface area contributed by atoms with Gasteiger partial charge in [-0.05, 0) is 30.3 Å². The van der Waals surface area contributed by atoms with Crippen molar-refractivity contribution < 1.29 is 4.39 Å². The molecule has 0 bridgehead atoms. The van der Waals surface area contributed by atoms with Crippen LogP contribution in [-0.2, 0) is 6.54 Å². The molecule has 0 amide bonds. The van der Waals surface area contributed by atoms with Crippen LogP contribution in [0.3, 0.4) is 0 Å². The van der Waals surface area contributed by atoms with Crippen LogP contribution in [-0.4, -0.2) is 14.2 Å². The second-order valence-corrected chi connectivity index (χ2v) is 5.02. The molecule has 0 fully saturated rings. The number of fused-ring (bicyclic) bond motifs is 1. The van der Waals surface area contributed by atoms with Gasteiger partial charge in [0.1, 0.15) is 5.82 Å². The third-order valence-electron chi connectivity index (χ3n) is 2.82. The molecule has 0 aliphatic rings. The maximum Gasteiger partial charge on any atom is 0.350 e. The van der Waals surface area contributed by atoms with Crippen LogP contribution in [0, 0.1) is 5.82 Å². The highest BCUT2D eigenvalue weighted by Crippen LogP contribution is 2.16. The third kappa shape index (κ3) is 2.19. The molecule has 19 heavy (non-hydrogen) atoms. The fourth-order valence-corrected chi connectivity index (χ4v) is 2.31. The smallest absolute Gasteiger partial charge is 0.250 e. The van der Waals surface area contributed by atoms with Crippen molar-refractivity contribution in [3.05, 3.63) is 68.9 Å². The second-order valence-electron chi connectivity index (χ2n) is 4.10. The first kappa shape index (κ1) is 12.1. The van der Waals surface area contributed by atoms with Gasteiger partial charge in [0.15, 0.2) is 5.65 Å². The molecule has 2 aromatic heterocycles. The minimum absolute atomic E-state index is 0.103. The maximum atomic E-state index is 13.7. The van der Waals surface area contributed by atoms with Gasteiger partial charge in [-0.3, -0.25) is 4.40 Å². The zero-order chi connectivity index (χ0) is 13.4. The van der Waals surface area contributed by atoms with Crippen molar-refractivity contribution in [1.82, 2.24) is 14.2 Å². The summed E-state index contributed by atoms with van der Waals surface area (Å²) >= 11 is 3.28. The molecule has 0 saturated carbocycles. The van der Waals surface area contributed by atoms with Gasteiger partial charge in [-0.2, -0.15) is 0 Å². The number of nitrogens with zero attached hydrogens (tertiary/aromatic N) is 3. The van der Waals surface area contributed by atoms with Gasteiger partial charge in [-0.15, -0.1) is 5.10 Å². The first-order chi connectivity index (χ1) is 9.15. The van der Waals surface area contributed by atoms with Crippen molar-refractivity contribution in [3.8, 4) is 0 Å². The summed E-state index contributed by atoms with van der Waals surface area (Å²) in [5, 5.41) is 4.16. The summed E-state index contributed by atoms with van der Waals surface area (Å²) in [6.45, 7) is 0.103. The molecule has 96 valence electrons. The van der Waals surface area contributed by atoms with E-state index >= 15 is 0 Å². The van der Waals surface area contributed by atoms with Gasteiger partial charge in [0, 0.05) is 16.2 Å². The zero-order valence-electron chi connectivity index (χ0n) is 9.75. The van der Waals surface area contributed by atoms with E-state index in [9.17, 15) is 9.18 Å². The van der Waals surface area contributed by atoms with E-state index < -0.39 is 0 Å². The lowest BCUT2D eigenvalue weighted by atomic mass is 10.2. The predicted octanol–water partition coefficient (Wildman–Crippen LogP) is 2.45. The Labute approximate surface area is 116 Å². The van der Waals surface area contributed by atoms with Crippen molar-refractivity contribution in [2.75, 3.05) is 0 Å². The van der Waals surface area contributed by atoms with Crippen molar-refractivity contribution in [1.29, 1.82) is 0 Å². The number of aromatic nitrogens is 3. The van der Waals surface area contributed by atoms with Crippen LogP contribution in [0.1, 0.15) is 5.56 Å². The molecule has 0 unspecified atom stereocenters. The molecular weight excluding hydrogens is 313 g/mol. The van der Waals surface area contributed by atoms with E-state index in [4.69, 9.17) is 0 Å². The van der Waals surface area contributed by atoms with Crippen molar-refractivity contribution >= 4 is 21.6 Å². The molecule has 3 aromatic rings. The van der Waals surface area contributed by atoms with Crippen LogP contribution < -0.4 is 5.69 Å². The molecular formula is C13H9BrFN3O. The molecule has 0 atom stereocenters. The molecule has 4 nitrogen and oxygen atoms in total. The number of pyridine rings is 1. The normalized spacial score (nSPS) is 11.1. The first-order valence-corrected chi connectivity index (χ1v) is 6.42. The average molecular weight is 322 g/mol. The highest BCUT2D eigenvalue weighted by atomic mass is 79.9. The van der Waals surface area contributed by atoms with Gasteiger partial charge in [0.2, 0.25) is 0 Å². The molecule has 1 aromatic carbocycles. The standard InChI is InChI=1S/C13H9BrFN3O/c14-10-4-5-11(15)9(7-10)8-18-13(19)17-6-2-1-3-12(17)16-18/h1-7H,8H2. The van der Waals surface area contributed by atoms with E-state index in [0.29, 0.717) is 11.2 Å². The third-order valence-corrected chi connectivity index (χ3v) is 3.31. The van der Waals surface area contributed by atoms with Crippen LogP contribution in [0.4, 0.5) is 4.39 Å². The van der Waals surface area contributed by atoms with Crippen molar-refractivity contribution in [2.45, 2.75) is 6.54 Å². The Morgan fingerprint density at radius 2 is 2.11 bits per heavy atom. The molecule has 3 rings (SSSR count). The van der Waals surface area contributed by atoms with Crippen LogP contribution in [0.15, 0.2) is 51.9 Å². The lowest BCUT2D eigenvalue weighted by Gasteiger charge is -2.02. The Kier molecular flexibility index (Phi) is 2.94. The Morgan fingerprint density at radius 3 is 2.89 bits per heavy atom. The minimum atomic E-state index is -0.354. The molecule has 0 aliphatic carbocycles. The fraction of sp³-hybridized carbons (Fsp3) is 0.0769. The maximum absolute atomic E-state index is 13.7. The zero-order valence-corrected chi connectivity index (χ0v) is 11.3. The summed E-state index contributed by atoms with van der Waals surface area (Å²) in [5.41, 5.74) is 0.678. The number of halogens is 2. The molecule has 0 radical (unpaired) electrons. The largest absolute Gasteiger partial charge is 0.350 e. The van der Waals surface area contributed by atoms with Gasteiger partial charge >= 0.3 is 5.69 Å². The Bertz CT molecular complexity index is 809. The van der Waals surface area contributed by atoms with Crippen LogP contribution in [0.2, 0.25) is 0 Å². The summed E-state index contributed by atoms with van der Waals surface area (Å²) in [5.74, 6) is -0.354. The van der Waals surface area contributed by atoms with Crippen LogP contribution in [0.5, 0.6) is 0 Å². The van der Waals surface area contributed by atoms with E-state index in [-0.39, 0.29) is 18.1 Å². The fourth-order valence-electron chi connectivity index (χ4n) is 1.90. The molecule has 0 aliphatic heterocycles. The van der Waals surface area contributed by atoms with Crippen LogP contribution in [0.25, 0.3) is 5.65 Å². The lowest BCUT2D eigenvalue weighted by Crippen LogP contribution is -2.22. The summed E-state index contributed by atoms with van der Waals surface area (Å²) in [6.07, 6.45) is 1.64. The van der Waals surface area contributed by atoms with Gasteiger partial charge in [-0.25, -0.2) is 13.9 Å². The summed E-state index contributed by atoms with van der Waals surface area (Å²) in [7, 11) is 0. The lowest BCUT2D eigenvalue weighted by molar-refractivity contribution is 0.578. The molecule has 0 spiro atoms. The highest BCUT2D eigenvalue weighted by Gasteiger charge is 2.09. The molecule has 0 saturated heterocycles. The van der Waals surface area contributed by atoms with Gasteiger partial charge in [-0.1, -0.05) is 22.0 Å². The average Bonchev–Trinajstić information content (AvgIpc) is 2.72. The van der Waals surface area contributed by atoms with Gasteiger partial charge in [0.05, 0.1) is 6.54 Å². The van der Waals surface area contributed by atoms with E-state index in [1.807, 2.05) is 0 Å². The number of rotatable bonds is 2. The Morgan fingerprint density at radius 1 is 1.26 bits per heavy atom. The van der Waals surface area contributed by atoms with E-state index in [1.54, 1.807) is 36.5 Å². The number of hydrogen-bond donors (Lipinski definition) is 0. The van der Waals surface area contributed by atoms with Crippen molar-refractivity contribution in [2.24, 2.45) is 0 Å². The summed E-state index contributed by atoms with van der Waals surface area (Å²) in [6, 6.07) is 9.90. The Hall–Kier alpha value is -1.95. The van der Waals surface area contributed by atoms with Crippen LogP contribution >= 0.6 is 15.9 Å². The molecule has 6 heteroatoms. The summed E-state index contributed by atoms with van der Waals surface area (Å²) < 4.78 is 17.1. The second kappa shape index (κ2) is 4.62. The van der Waals surface area contributed by atoms with Gasteiger partial charge in [0.25, 0.3) is 0 Å². The minimum Gasteiger partial charge on any atom is -0.250 e. The van der Waals surface area contributed by atoms with E-state index in [0.717, 1.165) is 4.47 Å². The first-order valence-electron chi connectivity index (χ1n) is 5.63. The molecule has 2 heterocycles. The topological polar surface area (TPSA) is 39.3 Å². The van der Waals surface area contributed by atoms with Gasteiger partial charge < -0.3 is 0 Å². The predicted molar refractivity (Wildman–Crippen MR) is 72.7 cm³/mol. The van der Waals surface area contributed by atoms with E-state index in [1.165, 1.54) is 15.1 Å². The SMILES string of the molecule is O=c1n(Cc2cc(Br)ccc2F)nc2ccccn12. The highest BCUT2D eigenvalue weighted by molar-refractivity contribution is 9.10. The monoisotopic (exact) mass is 321 g/mol. The Balaban J connectivity index is 2.08. The summed E-state index contributed by atoms with van der Waals surface area (Å²) in [4.78, 5) is 12.1. The number of hydrogen-bond acceptors (Lipinski definition) is 2. The quantitative estimate of drug-likeness (QED) is 0.727. The number of benzene rings is 1. The van der Waals surface area contributed by atoms with E-state index in [2.05, 4.69) is 21.0 Å². The molecule has 0 N–H and O–H groups in total.